The molecule has 6 amide bonds. The molecule has 6 aliphatic heterocycles. The molecular weight excluding hydrogens is 1580 g/mol. The summed E-state index contributed by atoms with van der Waals surface area (Å²) < 4.78 is 99.2. The third-order valence-corrected chi connectivity index (χ3v) is 25.8. The largest absolute Gasteiger partial charge is 0.493 e. The maximum absolute atomic E-state index is 14.1. The Balaban J connectivity index is 0.000000176. The van der Waals surface area contributed by atoms with Gasteiger partial charge in [0.2, 0.25) is 0 Å². The molecule has 6 aromatic rings. The summed E-state index contributed by atoms with van der Waals surface area (Å²) >= 11 is 0. The monoisotopic (exact) mass is 1690 g/mol. The van der Waals surface area contributed by atoms with Gasteiger partial charge in [-0.25, -0.2) is 0 Å². The Bertz CT molecular complexity index is 4940. The van der Waals surface area contributed by atoms with E-state index >= 15 is 0 Å². The summed E-state index contributed by atoms with van der Waals surface area (Å²) in [6, 6.07) is 30.8. The lowest BCUT2D eigenvalue weighted by molar-refractivity contribution is 0.0541. The molecule has 13 rings (SSSR count). The fraction of sp³-hybridized carbons (Fsp3) is 0.483. The molecule has 3 fully saturated rings. The van der Waals surface area contributed by atoms with E-state index in [1.165, 1.54) is 63.3 Å². The van der Waals surface area contributed by atoms with E-state index in [1.54, 1.807) is 81.0 Å². The second kappa shape index (κ2) is 41.5. The number of amides is 6. The average Bonchev–Trinajstić information content (AvgIpc) is 1.61. The van der Waals surface area contributed by atoms with Gasteiger partial charge >= 0.3 is 10.3 Å². The van der Waals surface area contributed by atoms with Crippen LogP contribution in [0.1, 0.15) is 177 Å². The quantitative estimate of drug-likeness (QED) is 0.0201. The van der Waals surface area contributed by atoms with Gasteiger partial charge in [0.15, 0.2) is 34.5 Å². The minimum atomic E-state index is -3.85. The highest BCUT2D eigenvalue weighted by molar-refractivity contribution is 7.90. The number of hydrogen-bond donors (Lipinski definition) is 0. The number of carbonyl (C=O) groups excluding carboxylic acids is 6. The van der Waals surface area contributed by atoms with E-state index in [2.05, 4.69) is 64.0 Å². The van der Waals surface area contributed by atoms with Crippen molar-refractivity contribution in [3.05, 3.63) is 182 Å². The molecule has 3 atom stereocenters. The van der Waals surface area contributed by atoms with Gasteiger partial charge in [0, 0.05) is 112 Å². The van der Waals surface area contributed by atoms with Gasteiger partial charge in [-0.2, -0.15) is 21.1 Å². The summed E-state index contributed by atoms with van der Waals surface area (Å²) in [7, 11) is 4.37. The molecule has 3 saturated heterocycles. The van der Waals surface area contributed by atoms with Crippen LogP contribution < -0.4 is 43.1 Å². The number of carbonyl (C=O) groups is 6. The van der Waals surface area contributed by atoms with Gasteiger partial charge in [-0.1, -0.05) is 83.2 Å². The van der Waals surface area contributed by atoms with Crippen LogP contribution in [0.15, 0.2) is 132 Å². The first kappa shape index (κ1) is 90.8. The van der Waals surface area contributed by atoms with Gasteiger partial charge < -0.3 is 62.6 Å². The Morgan fingerprint density at radius 2 is 0.725 bits per heavy atom. The normalized spacial score (nSPS) is 17.2. The Morgan fingerprint density at radius 1 is 0.400 bits per heavy atom. The molecule has 648 valence electrons. The molecule has 0 radical (unpaired) electrons. The highest BCUT2D eigenvalue weighted by Crippen LogP contribution is 2.45. The Labute approximate surface area is 706 Å². The van der Waals surface area contributed by atoms with E-state index < -0.39 is 38.5 Å². The number of benzene rings is 6. The van der Waals surface area contributed by atoms with Crippen LogP contribution in [0.4, 0.5) is 17.1 Å². The van der Waals surface area contributed by atoms with E-state index in [0.29, 0.717) is 117 Å². The highest BCUT2D eigenvalue weighted by Gasteiger charge is 2.47. The van der Waals surface area contributed by atoms with Gasteiger partial charge in [-0.05, 0) is 160 Å². The van der Waals surface area contributed by atoms with Crippen LogP contribution >= 0.6 is 0 Å². The number of hydrogen-bond acceptors (Lipinski definition) is 25. The fourth-order valence-electron chi connectivity index (χ4n) is 16.3. The first-order valence-corrected chi connectivity index (χ1v) is 44.1. The van der Waals surface area contributed by atoms with Crippen LogP contribution in [-0.4, -0.2) is 267 Å². The number of methoxy groups -OCH3 is 6. The molecule has 6 heterocycles. The minimum Gasteiger partial charge on any atom is -0.493 e. The Kier molecular flexibility index (Phi) is 31.4. The van der Waals surface area contributed by atoms with Crippen molar-refractivity contribution in [2.75, 3.05) is 196 Å². The number of anilines is 3. The number of ether oxygens (including phenoxy) is 7. The van der Waals surface area contributed by atoms with Gasteiger partial charge in [-0.15, -0.1) is 0 Å². The lowest BCUT2D eigenvalue weighted by Gasteiger charge is -2.36. The van der Waals surface area contributed by atoms with Crippen molar-refractivity contribution in [3.8, 4) is 34.5 Å². The topological polar surface area (TPSA) is 286 Å². The molecule has 7 aliphatic rings. The van der Waals surface area contributed by atoms with Crippen molar-refractivity contribution in [2.45, 2.75) is 97.7 Å². The van der Waals surface area contributed by atoms with Crippen LogP contribution in [0.5, 0.6) is 34.5 Å². The number of rotatable bonds is 36. The first-order chi connectivity index (χ1) is 57.8. The van der Waals surface area contributed by atoms with Crippen LogP contribution in [-0.2, 0) is 33.5 Å². The van der Waals surface area contributed by atoms with Gasteiger partial charge in [0.25, 0.3) is 45.6 Å². The minimum absolute atomic E-state index is 0.0837. The number of fused-ring (bicyclic) bond motifs is 3. The zero-order chi connectivity index (χ0) is 86.1. The molecule has 0 spiro atoms. The van der Waals surface area contributed by atoms with E-state index in [0.717, 1.165) is 125 Å². The SMILES string of the molecule is CCN1CCN(c2cccc3c2C(=O)N([C@H](CCCOCC(C)C)c2ccc(OC)c(OC)c2)C3=O)CC1.CCN1CCN(c2cccc3c2C(=O)N([C@H](CCCOS(=O)(=O)C2=CC=CC2)c2ccc(OC)c(OC)c2)C3=O)CC1.CCN1CCN(c2cccc3c2C(=O)N([C@H](CCCOS(=O)(=O)N(C)C)c2ccc(OC)c(OC)c2)C3=O)CC1. The van der Waals surface area contributed by atoms with Crippen molar-refractivity contribution >= 4 is 72.9 Å². The van der Waals surface area contributed by atoms with Crippen LogP contribution in [0, 0.1) is 5.92 Å². The standard InChI is InChI=1S/C31H37N3O7S.C30H41N3O5.C28H38N4O7S/c1-4-32-16-18-33(19-17-32)26-12-7-11-24-29(26)31(36)34(30(24)35)25(22-14-15-27(39-2)28(21-22)40-3)13-8-20-41-42(37,38)23-9-5-6-10-23;1-6-31-14-16-32(17-15-31)25-10-7-9-23-28(25)30(35)33(29(23)34)24(11-8-18-38-20-21(2)3)22-12-13-26(36-4)27(19-22)37-5;1-6-30-14-16-31(17-15-30)23-10-7-9-21-26(23)28(34)32(27(21)33)22(11-8-18-39-40(35,36)29(2)3)20-12-13-24(37-4)25(19-20)38-5/h5-7,9,11-12,14-15,21,25H,4,8,10,13,16-20H2,1-3H3;7,9-10,12-13,19,21,24H,6,8,11,14-18,20H2,1-5H3;7,9-10,12-13,19,22H,6,8,11,14-18H2,1-5H3/t25-;24-;22-/m111/s1. The van der Waals surface area contributed by atoms with Crippen molar-refractivity contribution in [1.82, 2.24) is 33.7 Å². The summed E-state index contributed by atoms with van der Waals surface area (Å²) in [6.07, 6.45) is 7.72. The maximum atomic E-state index is 14.1. The van der Waals surface area contributed by atoms with Crippen molar-refractivity contribution < 1.29 is 87.1 Å². The molecule has 0 N–H and O–H groups in total. The molecule has 0 unspecified atom stereocenters. The Morgan fingerprint density at radius 3 is 1.02 bits per heavy atom. The third-order valence-electron chi connectivity index (χ3n) is 23.0. The summed E-state index contributed by atoms with van der Waals surface area (Å²) in [5.74, 6) is 1.61. The van der Waals surface area contributed by atoms with Gasteiger partial charge in [0.05, 0.1) is 129 Å². The van der Waals surface area contributed by atoms with Crippen molar-refractivity contribution in [3.63, 3.8) is 0 Å². The molecule has 0 bridgehead atoms. The average molecular weight is 1690 g/mol. The molecule has 120 heavy (non-hydrogen) atoms. The number of nitrogens with zero attached hydrogens (tertiary/aromatic N) is 10. The second-order valence-corrected chi connectivity index (χ2v) is 34.2. The van der Waals surface area contributed by atoms with Crippen LogP contribution in [0.3, 0.4) is 0 Å². The number of likely N-dealkylation sites (N-methyl/N-ethyl adjacent to an activating group) is 3. The second-order valence-electron chi connectivity index (χ2n) is 30.7. The molecule has 29 nitrogen and oxygen atoms in total. The number of allylic oxidation sites excluding steroid dienone is 4. The fourth-order valence-corrected chi connectivity index (χ4v) is 17.9. The highest BCUT2D eigenvalue weighted by atomic mass is 32.2. The molecule has 31 heteroatoms. The first-order valence-electron chi connectivity index (χ1n) is 41.3. The summed E-state index contributed by atoms with van der Waals surface area (Å²) in [6.45, 7) is 24.8. The van der Waals surface area contributed by atoms with E-state index in [4.69, 9.17) is 41.5 Å². The maximum Gasteiger partial charge on any atom is 0.337 e. The molecular formula is C89H116N10O19S2. The predicted molar refractivity (Wildman–Crippen MR) is 459 cm³/mol. The van der Waals surface area contributed by atoms with Gasteiger partial charge in [-0.3, -0.25) is 51.8 Å². The smallest absolute Gasteiger partial charge is 0.337 e. The Hall–Kier alpha value is -9.96. The van der Waals surface area contributed by atoms with Gasteiger partial charge in [0.1, 0.15) is 0 Å². The lowest BCUT2D eigenvalue weighted by atomic mass is 9.99. The lowest BCUT2D eigenvalue weighted by Crippen LogP contribution is -2.46. The zero-order valence-corrected chi connectivity index (χ0v) is 73.0. The van der Waals surface area contributed by atoms with E-state index in [9.17, 15) is 45.6 Å². The summed E-state index contributed by atoms with van der Waals surface area (Å²) in [5.41, 5.74) is 7.13. The van der Waals surface area contributed by atoms with Crippen LogP contribution in [0.2, 0.25) is 0 Å². The zero-order valence-electron chi connectivity index (χ0n) is 71.4. The summed E-state index contributed by atoms with van der Waals surface area (Å²) in [4.78, 5) is 102. The van der Waals surface area contributed by atoms with E-state index in [1.807, 2.05) is 54.6 Å². The predicted octanol–water partition coefficient (Wildman–Crippen LogP) is 11.6. The molecule has 1 aliphatic carbocycles. The number of piperazine rings is 3. The molecule has 0 aromatic heterocycles. The molecule has 6 aromatic carbocycles. The van der Waals surface area contributed by atoms with Crippen molar-refractivity contribution in [1.29, 1.82) is 0 Å². The van der Waals surface area contributed by atoms with E-state index in [-0.39, 0.29) is 79.2 Å². The van der Waals surface area contributed by atoms with Crippen molar-refractivity contribution in [2.24, 2.45) is 5.92 Å². The molecule has 0 saturated carbocycles. The third kappa shape index (κ3) is 20.4. The summed E-state index contributed by atoms with van der Waals surface area (Å²) in [5, 5.41) is 0. The number of imide groups is 3. The van der Waals surface area contributed by atoms with Crippen LogP contribution in [0.25, 0.3) is 0 Å².